The van der Waals surface area contributed by atoms with E-state index in [9.17, 15) is 0 Å². The Kier molecular flexibility index (Phi) is 3.68. The van der Waals surface area contributed by atoms with E-state index in [2.05, 4.69) is 12.2 Å². The average Bonchev–Trinajstić information content (AvgIpc) is 2.98. The van der Waals surface area contributed by atoms with Crippen LogP contribution in [0.3, 0.4) is 0 Å². The number of nitrogens with two attached hydrogens (primary N) is 1. The molecular formula is C13H26N2. The molecule has 2 rings (SSSR count). The Morgan fingerprint density at radius 3 is 2.27 bits per heavy atom. The molecule has 88 valence electrons. The minimum Gasteiger partial charge on any atom is -0.330 e. The van der Waals surface area contributed by atoms with Gasteiger partial charge in [-0.3, -0.25) is 0 Å². The van der Waals surface area contributed by atoms with Crippen LogP contribution in [0.4, 0.5) is 0 Å². The summed E-state index contributed by atoms with van der Waals surface area (Å²) in [4.78, 5) is 0. The zero-order valence-corrected chi connectivity index (χ0v) is 10.1. The first-order valence-corrected chi connectivity index (χ1v) is 6.63. The summed E-state index contributed by atoms with van der Waals surface area (Å²) in [5.41, 5.74) is 6.36. The molecule has 2 fully saturated rings. The Bertz CT molecular complexity index is 191. The first-order valence-electron chi connectivity index (χ1n) is 6.63. The second-order valence-corrected chi connectivity index (χ2v) is 6.06. The first-order chi connectivity index (χ1) is 7.22. The topological polar surface area (TPSA) is 38.0 Å². The molecule has 0 spiro atoms. The van der Waals surface area contributed by atoms with Gasteiger partial charge in [0.1, 0.15) is 0 Å². The van der Waals surface area contributed by atoms with Crippen LogP contribution in [0.5, 0.6) is 0 Å². The molecule has 15 heavy (non-hydrogen) atoms. The largest absolute Gasteiger partial charge is 0.330 e. The highest BCUT2D eigenvalue weighted by molar-refractivity contribution is 4.90. The Balaban J connectivity index is 1.56. The molecule has 0 radical (unpaired) electrons. The first kappa shape index (κ1) is 11.4. The van der Waals surface area contributed by atoms with Crippen LogP contribution < -0.4 is 11.1 Å². The fourth-order valence-electron chi connectivity index (χ4n) is 2.64. The maximum absolute atomic E-state index is 5.70. The van der Waals surface area contributed by atoms with Gasteiger partial charge in [-0.25, -0.2) is 0 Å². The maximum atomic E-state index is 5.70. The molecule has 0 saturated heterocycles. The van der Waals surface area contributed by atoms with Gasteiger partial charge in [0.2, 0.25) is 0 Å². The molecule has 0 aromatic heterocycles. The van der Waals surface area contributed by atoms with E-state index in [1.807, 2.05) is 0 Å². The lowest BCUT2D eigenvalue weighted by atomic mass is 9.82. The normalized spacial score (nSPS) is 34.0. The van der Waals surface area contributed by atoms with Crippen molar-refractivity contribution < 1.29 is 0 Å². The van der Waals surface area contributed by atoms with Gasteiger partial charge in [0, 0.05) is 6.54 Å². The Morgan fingerprint density at radius 2 is 1.73 bits per heavy atom. The van der Waals surface area contributed by atoms with E-state index in [0.717, 1.165) is 18.4 Å². The van der Waals surface area contributed by atoms with Crippen molar-refractivity contribution in [3.63, 3.8) is 0 Å². The Hall–Kier alpha value is -0.0800. The summed E-state index contributed by atoms with van der Waals surface area (Å²) >= 11 is 0. The molecule has 0 aliphatic heterocycles. The molecule has 0 amide bonds. The summed E-state index contributed by atoms with van der Waals surface area (Å²) in [6, 6.07) is 0. The molecule has 3 N–H and O–H groups in total. The summed E-state index contributed by atoms with van der Waals surface area (Å²) in [6.45, 7) is 5.78. The van der Waals surface area contributed by atoms with Crippen LogP contribution in [-0.2, 0) is 0 Å². The van der Waals surface area contributed by atoms with E-state index >= 15 is 0 Å². The standard InChI is InChI=1S/C13H26N2/c1-13(6-7-13)10-15-9-12-4-2-11(8-14)3-5-12/h11-12,15H,2-10,14H2,1H3. The van der Waals surface area contributed by atoms with Crippen LogP contribution in [0, 0.1) is 17.3 Å². The lowest BCUT2D eigenvalue weighted by Crippen LogP contribution is -2.31. The third-order valence-corrected chi connectivity index (χ3v) is 4.39. The summed E-state index contributed by atoms with van der Waals surface area (Å²) in [7, 11) is 0. The smallest absolute Gasteiger partial charge is 0.000528 e. The van der Waals surface area contributed by atoms with Gasteiger partial charge in [-0.15, -0.1) is 0 Å². The van der Waals surface area contributed by atoms with Gasteiger partial charge in [-0.05, 0) is 68.9 Å². The maximum Gasteiger partial charge on any atom is 0.000528 e. The fraction of sp³-hybridized carbons (Fsp3) is 1.00. The second kappa shape index (κ2) is 4.84. The predicted octanol–water partition coefficient (Wildman–Crippen LogP) is 2.14. The molecule has 2 heteroatoms. The lowest BCUT2D eigenvalue weighted by Gasteiger charge is -2.28. The van der Waals surface area contributed by atoms with Crippen molar-refractivity contribution in [3.8, 4) is 0 Å². The van der Waals surface area contributed by atoms with E-state index in [4.69, 9.17) is 5.73 Å². The van der Waals surface area contributed by atoms with Crippen molar-refractivity contribution in [1.29, 1.82) is 0 Å². The summed E-state index contributed by atoms with van der Waals surface area (Å²) in [5, 5.41) is 3.66. The number of hydrogen-bond acceptors (Lipinski definition) is 2. The lowest BCUT2D eigenvalue weighted by molar-refractivity contribution is 0.268. The van der Waals surface area contributed by atoms with E-state index in [1.54, 1.807) is 0 Å². The quantitative estimate of drug-likeness (QED) is 0.729. The molecule has 2 aliphatic rings. The van der Waals surface area contributed by atoms with Gasteiger partial charge in [-0.1, -0.05) is 6.92 Å². The van der Waals surface area contributed by atoms with Gasteiger partial charge in [0.05, 0.1) is 0 Å². The molecular weight excluding hydrogens is 184 g/mol. The van der Waals surface area contributed by atoms with Crippen LogP contribution in [0.1, 0.15) is 45.4 Å². The van der Waals surface area contributed by atoms with E-state index in [1.165, 1.54) is 51.6 Å². The number of hydrogen-bond donors (Lipinski definition) is 2. The van der Waals surface area contributed by atoms with E-state index in [0.29, 0.717) is 5.41 Å². The molecule has 0 aromatic carbocycles. The highest BCUT2D eigenvalue weighted by atomic mass is 14.9. The summed E-state index contributed by atoms with van der Waals surface area (Å²) in [6.07, 6.45) is 8.37. The molecule has 0 unspecified atom stereocenters. The van der Waals surface area contributed by atoms with E-state index in [-0.39, 0.29) is 0 Å². The third-order valence-electron chi connectivity index (χ3n) is 4.39. The zero-order valence-electron chi connectivity index (χ0n) is 10.1. The van der Waals surface area contributed by atoms with Crippen LogP contribution in [0.2, 0.25) is 0 Å². The average molecular weight is 210 g/mol. The highest BCUT2D eigenvalue weighted by Crippen LogP contribution is 2.44. The minimum absolute atomic E-state index is 0.661. The van der Waals surface area contributed by atoms with Crippen molar-refractivity contribution in [2.45, 2.75) is 45.4 Å². The van der Waals surface area contributed by atoms with Crippen LogP contribution >= 0.6 is 0 Å². The van der Waals surface area contributed by atoms with Crippen molar-refractivity contribution >= 4 is 0 Å². The summed E-state index contributed by atoms with van der Waals surface area (Å²) < 4.78 is 0. The van der Waals surface area contributed by atoms with Crippen molar-refractivity contribution in [1.82, 2.24) is 5.32 Å². The SMILES string of the molecule is CC1(CNCC2CCC(CN)CC2)CC1. The fourth-order valence-corrected chi connectivity index (χ4v) is 2.64. The number of rotatable bonds is 5. The monoisotopic (exact) mass is 210 g/mol. The molecule has 2 nitrogen and oxygen atoms in total. The van der Waals surface area contributed by atoms with Crippen molar-refractivity contribution in [2.75, 3.05) is 19.6 Å². The molecule has 0 aromatic rings. The van der Waals surface area contributed by atoms with Crippen LogP contribution in [0.15, 0.2) is 0 Å². The molecule has 2 saturated carbocycles. The van der Waals surface area contributed by atoms with Crippen LogP contribution in [0.25, 0.3) is 0 Å². The van der Waals surface area contributed by atoms with Crippen molar-refractivity contribution in [2.24, 2.45) is 23.0 Å². The zero-order chi connectivity index (χ0) is 10.7. The van der Waals surface area contributed by atoms with Gasteiger partial charge in [0.25, 0.3) is 0 Å². The third kappa shape index (κ3) is 3.46. The molecule has 2 aliphatic carbocycles. The number of nitrogens with one attached hydrogen (secondary N) is 1. The van der Waals surface area contributed by atoms with Crippen molar-refractivity contribution in [3.05, 3.63) is 0 Å². The Labute approximate surface area is 94.0 Å². The van der Waals surface area contributed by atoms with Gasteiger partial charge in [0.15, 0.2) is 0 Å². The van der Waals surface area contributed by atoms with Gasteiger partial charge < -0.3 is 11.1 Å². The summed E-state index contributed by atoms with van der Waals surface area (Å²) in [5.74, 6) is 1.75. The predicted molar refractivity (Wildman–Crippen MR) is 64.7 cm³/mol. The second-order valence-electron chi connectivity index (χ2n) is 6.06. The molecule has 0 heterocycles. The molecule has 0 bridgehead atoms. The van der Waals surface area contributed by atoms with Gasteiger partial charge >= 0.3 is 0 Å². The molecule has 0 atom stereocenters. The minimum atomic E-state index is 0.661. The highest BCUT2D eigenvalue weighted by Gasteiger charge is 2.36. The van der Waals surface area contributed by atoms with Crippen LogP contribution in [-0.4, -0.2) is 19.6 Å². The van der Waals surface area contributed by atoms with Gasteiger partial charge in [-0.2, -0.15) is 0 Å². The van der Waals surface area contributed by atoms with E-state index < -0.39 is 0 Å². The Morgan fingerprint density at radius 1 is 1.13 bits per heavy atom.